The Morgan fingerprint density at radius 2 is 1.77 bits per heavy atom. The smallest absolute Gasteiger partial charge is 0.0866 e. The van der Waals surface area contributed by atoms with Gasteiger partial charge >= 0.3 is 0 Å². The maximum atomic E-state index is 10.3. The Morgan fingerprint density at radius 3 is 2.31 bits per heavy atom. The molecule has 0 aliphatic carbocycles. The first kappa shape index (κ1) is 10.5. The Balaban J connectivity index is 2.12. The van der Waals surface area contributed by atoms with E-state index < -0.39 is 0 Å². The highest BCUT2D eigenvalue weighted by atomic mass is 16.3. The lowest BCUT2D eigenvalue weighted by molar-refractivity contribution is 0.122. The third kappa shape index (κ3) is 3.73. The Kier molecular flexibility index (Phi) is 4.76. The Bertz CT molecular complexity index is 170. The third-order valence-electron chi connectivity index (χ3n) is 2.38. The molecule has 4 nitrogen and oxygen atoms in total. The van der Waals surface area contributed by atoms with Gasteiger partial charge in [0.25, 0.3) is 0 Å². The molecule has 0 bridgehead atoms. The van der Waals surface area contributed by atoms with Gasteiger partial charge in [0.2, 0.25) is 0 Å². The summed E-state index contributed by atoms with van der Waals surface area (Å²) >= 11 is 0. The van der Waals surface area contributed by atoms with E-state index in [0.29, 0.717) is 6.54 Å². The van der Waals surface area contributed by atoms with Crippen LogP contribution in [-0.4, -0.2) is 55.7 Å². The molecule has 0 aromatic heterocycles. The van der Waals surface area contributed by atoms with E-state index in [1.807, 2.05) is 0 Å². The molecule has 73 valence electrons. The van der Waals surface area contributed by atoms with Crippen LogP contribution in [0.15, 0.2) is 0 Å². The first-order chi connectivity index (χ1) is 6.36. The molecule has 0 saturated carbocycles. The fourth-order valence-electron chi connectivity index (χ4n) is 1.56. The van der Waals surface area contributed by atoms with Crippen LogP contribution in [0.2, 0.25) is 0 Å². The average Bonchev–Trinajstić information content (AvgIpc) is 2.17. The molecule has 0 atom stereocenters. The Morgan fingerprint density at radius 1 is 1.15 bits per heavy atom. The Labute approximate surface area is 79.4 Å². The molecule has 1 radical (unpaired) electrons. The molecule has 1 rings (SSSR count). The minimum atomic E-state index is 0.0262. The van der Waals surface area contributed by atoms with Gasteiger partial charge in [0, 0.05) is 32.7 Å². The predicted molar refractivity (Wildman–Crippen MR) is 48.7 cm³/mol. The molecular weight excluding hydrogens is 166 g/mol. The van der Waals surface area contributed by atoms with Crippen LogP contribution < -0.4 is 0 Å². The molecule has 0 aromatic rings. The van der Waals surface area contributed by atoms with Crippen molar-refractivity contribution in [3.05, 3.63) is 0 Å². The van der Waals surface area contributed by atoms with Crippen LogP contribution in [0.1, 0.15) is 6.42 Å². The van der Waals surface area contributed by atoms with Gasteiger partial charge in [-0.15, -0.1) is 0 Å². The van der Waals surface area contributed by atoms with Crippen LogP contribution >= 0.6 is 0 Å². The first-order valence-corrected chi connectivity index (χ1v) is 4.76. The minimum absolute atomic E-state index is 0.0262. The molecule has 1 fully saturated rings. The number of rotatable bonds is 4. The molecule has 0 spiro atoms. The monoisotopic (exact) mass is 182 g/mol. The largest absolute Gasteiger partial charge is 0.301 e. The van der Waals surface area contributed by atoms with Gasteiger partial charge in [-0.2, -0.15) is 5.26 Å². The summed E-state index contributed by atoms with van der Waals surface area (Å²) in [6.45, 7) is 5.42. The SMILES string of the molecule is N#CCN1CCN(CCC[O])CC1. The fraction of sp³-hybridized carbons (Fsp3) is 0.889. The van der Waals surface area contributed by atoms with Crippen LogP contribution in [0.5, 0.6) is 0 Å². The molecule has 1 saturated heterocycles. The minimum Gasteiger partial charge on any atom is -0.301 e. The van der Waals surface area contributed by atoms with Crippen LogP contribution in [-0.2, 0) is 5.11 Å². The summed E-state index contributed by atoms with van der Waals surface area (Å²) in [5.74, 6) is 0. The van der Waals surface area contributed by atoms with Gasteiger partial charge < -0.3 is 4.90 Å². The van der Waals surface area contributed by atoms with E-state index in [0.717, 1.165) is 39.1 Å². The van der Waals surface area contributed by atoms with Crippen molar-refractivity contribution in [2.24, 2.45) is 0 Å². The zero-order valence-corrected chi connectivity index (χ0v) is 7.91. The van der Waals surface area contributed by atoms with Crippen molar-refractivity contribution in [2.75, 3.05) is 45.9 Å². The molecule has 0 aromatic carbocycles. The summed E-state index contributed by atoms with van der Waals surface area (Å²) in [6, 6.07) is 2.15. The zero-order valence-electron chi connectivity index (χ0n) is 7.91. The van der Waals surface area contributed by atoms with E-state index in [9.17, 15) is 5.11 Å². The fourth-order valence-corrected chi connectivity index (χ4v) is 1.56. The summed E-state index contributed by atoms with van der Waals surface area (Å²) in [5, 5.41) is 18.7. The van der Waals surface area contributed by atoms with Crippen LogP contribution in [0.3, 0.4) is 0 Å². The van der Waals surface area contributed by atoms with Gasteiger partial charge in [-0.25, -0.2) is 5.11 Å². The van der Waals surface area contributed by atoms with Gasteiger partial charge in [0.1, 0.15) is 0 Å². The molecular formula is C9H16N3O. The van der Waals surface area contributed by atoms with E-state index >= 15 is 0 Å². The van der Waals surface area contributed by atoms with E-state index in [1.165, 1.54) is 0 Å². The highest BCUT2D eigenvalue weighted by Crippen LogP contribution is 2.01. The van der Waals surface area contributed by atoms with Gasteiger partial charge in [-0.1, -0.05) is 0 Å². The number of nitrogens with zero attached hydrogens (tertiary/aromatic N) is 3. The van der Waals surface area contributed by atoms with Crippen LogP contribution in [0.25, 0.3) is 0 Å². The molecule has 1 aliphatic heterocycles. The molecule has 4 heteroatoms. The highest BCUT2D eigenvalue weighted by Gasteiger charge is 2.15. The van der Waals surface area contributed by atoms with Crippen molar-refractivity contribution in [3.8, 4) is 6.07 Å². The Hall–Kier alpha value is -0.630. The second-order valence-corrected chi connectivity index (χ2v) is 3.33. The maximum absolute atomic E-state index is 10.3. The van der Waals surface area contributed by atoms with Crippen molar-refractivity contribution in [1.82, 2.24) is 9.80 Å². The normalized spacial score (nSPS) is 20.0. The van der Waals surface area contributed by atoms with Crippen molar-refractivity contribution < 1.29 is 5.11 Å². The second kappa shape index (κ2) is 5.92. The zero-order chi connectivity index (χ0) is 9.52. The predicted octanol–water partition coefficient (Wildman–Crippen LogP) is -0.0518. The molecule has 0 unspecified atom stereocenters. The van der Waals surface area contributed by atoms with Crippen molar-refractivity contribution in [2.45, 2.75) is 6.42 Å². The molecule has 1 aliphatic rings. The van der Waals surface area contributed by atoms with Crippen molar-refractivity contribution in [3.63, 3.8) is 0 Å². The average molecular weight is 182 g/mol. The molecule has 0 amide bonds. The standard InChI is InChI=1S/C9H16N3O/c10-2-4-12-7-5-11(6-8-12)3-1-9-13/h1,3-9H2. The van der Waals surface area contributed by atoms with E-state index in [4.69, 9.17) is 5.26 Å². The van der Waals surface area contributed by atoms with Gasteiger partial charge in [-0.05, 0) is 6.42 Å². The summed E-state index contributed by atoms with van der Waals surface area (Å²) in [5.41, 5.74) is 0. The summed E-state index contributed by atoms with van der Waals surface area (Å²) < 4.78 is 0. The quantitative estimate of drug-likeness (QED) is 0.573. The highest BCUT2D eigenvalue weighted by molar-refractivity contribution is 4.80. The second-order valence-electron chi connectivity index (χ2n) is 3.33. The van der Waals surface area contributed by atoms with Crippen LogP contribution in [0, 0.1) is 11.3 Å². The van der Waals surface area contributed by atoms with Gasteiger partial charge in [-0.3, -0.25) is 4.90 Å². The van der Waals surface area contributed by atoms with E-state index in [1.54, 1.807) is 0 Å². The van der Waals surface area contributed by atoms with Gasteiger partial charge in [0.05, 0.1) is 19.2 Å². The number of hydrogen-bond acceptors (Lipinski definition) is 3. The lowest BCUT2D eigenvalue weighted by Gasteiger charge is -2.33. The van der Waals surface area contributed by atoms with Crippen molar-refractivity contribution >= 4 is 0 Å². The number of hydrogen-bond donors (Lipinski definition) is 0. The first-order valence-electron chi connectivity index (χ1n) is 4.76. The summed E-state index contributed by atoms with van der Waals surface area (Å²) in [6.07, 6.45) is 0.748. The van der Waals surface area contributed by atoms with E-state index in [2.05, 4.69) is 15.9 Å². The number of piperazine rings is 1. The third-order valence-corrected chi connectivity index (χ3v) is 2.38. The maximum Gasteiger partial charge on any atom is 0.0866 e. The molecule has 1 heterocycles. The molecule has 13 heavy (non-hydrogen) atoms. The van der Waals surface area contributed by atoms with Gasteiger partial charge in [0.15, 0.2) is 0 Å². The summed E-state index contributed by atoms with van der Waals surface area (Å²) in [4.78, 5) is 4.44. The lowest BCUT2D eigenvalue weighted by Crippen LogP contribution is -2.46. The lowest BCUT2D eigenvalue weighted by atomic mass is 10.3. The van der Waals surface area contributed by atoms with Crippen LogP contribution in [0.4, 0.5) is 0 Å². The number of nitriles is 1. The topological polar surface area (TPSA) is 50.2 Å². The molecule has 0 N–H and O–H groups in total. The summed E-state index contributed by atoms with van der Waals surface area (Å²) in [7, 11) is 0. The van der Waals surface area contributed by atoms with Crippen molar-refractivity contribution in [1.29, 1.82) is 5.26 Å². The van der Waals surface area contributed by atoms with E-state index in [-0.39, 0.29) is 6.61 Å².